The number of methoxy groups -OCH3 is 1. The van der Waals surface area contributed by atoms with Gasteiger partial charge in [0.2, 0.25) is 0 Å². The number of aryl methyl sites for hydroxylation is 2. The minimum Gasteiger partial charge on any atom is -0.493 e. The zero-order chi connectivity index (χ0) is 22.5. The lowest BCUT2D eigenvalue weighted by molar-refractivity contribution is 0.215. The van der Waals surface area contributed by atoms with Crippen molar-refractivity contribution in [3.05, 3.63) is 59.2 Å². The maximum atomic E-state index is 6.02. The Bertz CT molecular complexity index is 853. The molecule has 0 atom stereocenters. The summed E-state index contributed by atoms with van der Waals surface area (Å²) in [6.07, 6.45) is 7.34. The van der Waals surface area contributed by atoms with Crippen LogP contribution in [0.15, 0.2) is 47.6 Å². The van der Waals surface area contributed by atoms with E-state index in [0.717, 1.165) is 41.0 Å². The maximum absolute atomic E-state index is 6.02. The fourth-order valence-corrected chi connectivity index (χ4v) is 3.02. The number of allylic oxidation sites excluding steroid dienone is 1. The van der Waals surface area contributed by atoms with Gasteiger partial charge in [0.1, 0.15) is 25.2 Å². The standard InChI is InChI=1S/C25H33NO5/c1-6-7-12-29-22-15-19(2)25(20(3)16-22)31-14-9-8-13-30-23-11-10-21(18-26-28-5)17-24(23)27-4/h6-7,10-11,15-18H,8-9,12-14H2,1-5H3/b7-6+,26-18?. The van der Waals surface area contributed by atoms with E-state index < -0.39 is 0 Å². The smallest absolute Gasteiger partial charge is 0.161 e. The molecule has 0 unspecified atom stereocenters. The Morgan fingerprint density at radius 1 is 0.871 bits per heavy atom. The van der Waals surface area contributed by atoms with Crippen LogP contribution in [0.25, 0.3) is 0 Å². The molecule has 31 heavy (non-hydrogen) atoms. The molecule has 0 aromatic heterocycles. The molecular formula is C25H33NO5. The van der Waals surface area contributed by atoms with Gasteiger partial charge in [-0.05, 0) is 75.1 Å². The number of nitrogens with zero attached hydrogens (tertiary/aromatic N) is 1. The second-order valence-electron chi connectivity index (χ2n) is 7.00. The number of hydrogen-bond acceptors (Lipinski definition) is 6. The first-order valence-corrected chi connectivity index (χ1v) is 10.4. The summed E-state index contributed by atoms with van der Waals surface area (Å²) in [6.45, 7) is 7.86. The quantitative estimate of drug-likeness (QED) is 0.183. The van der Waals surface area contributed by atoms with Gasteiger partial charge in [-0.2, -0.15) is 0 Å². The summed E-state index contributed by atoms with van der Waals surface area (Å²) in [5.41, 5.74) is 3.03. The van der Waals surface area contributed by atoms with Crippen molar-refractivity contribution in [1.29, 1.82) is 0 Å². The molecule has 0 amide bonds. The molecule has 0 aliphatic carbocycles. The summed E-state index contributed by atoms with van der Waals surface area (Å²) >= 11 is 0. The first-order chi connectivity index (χ1) is 15.1. The zero-order valence-electron chi connectivity index (χ0n) is 19.1. The van der Waals surface area contributed by atoms with Gasteiger partial charge >= 0.3 is 0 Å². The van der Waals surface area contributed by atoms with Gasteiger partial charge in [0.05, 0.1) is 26.5 Å². The average Bonchev–Trinajstić information content (AvgIpc) is 2.76. The Balaban J connectivity index is 1.78. The summed E-state index contributed by atoms with van der Waals surface area (Å²) < 4.78 is 23.0. The molecule has 2 aromatic rings. The van der Waals surface area contributed by atoms with Crippen LogP contribution < -0.4 is 18.9 Å². The van der Waals surface area contributed by atoms with Gasteiger partial charge in [0.25, 0.3) is 0 Å². The van der Waals surface area contributed by atoms with Crippen LogP contribution in [-0.4, -0.2) is 40.3 Å². The highest BCUT2D eigenvalue weighted by Gasteiger charge is 2.08. The van der Waals surface area contributed by atoms with E-state index in [1.807, 2.05) is 63.3 Å². The Morgan fingerprint density at radius 3 is 2.23 bits per heavy atom. The van der Waals surface area contributed by atoms with Crippen LogP contribution in [-0.2, 0) is 4.84 Å². The number of unbranched alkanes of at least 4 members (excludes halogenated alkanes) is 1. The van der Waals surface area contributed by atoms with Crippen molar-refractivity contribution in [1.82, 2.24) is 0 Å². The van der Waals surface area contributed by atoms with Crippen molar-refractivity contribution in [2.24, 2.45) is 5.16 Å². The van der Waals surface area contributed by atoms with E-state index >= 15 is 0 Å². The van der Waals surface area contributed by atoms with Crippen molar-refractivity contribution in [3.8, 4) is 23.0 Å². The van der Waals surface area contributed by atoms with Gasteiger partial charge in [-0.3, -0.25) is 0 Å². The zero-order valence-corrected chi connectivity index (χ0v) is 19.1. The molecular weight excluding hydrogens is 394 g/mol. The van der Waals surface area contributed by atoms with Crippen molar-refractivity contribution in [2.45, 2.75) is 33.6 Å². The van der Waals surface area contributed by atoms with Crippen LogP contribution in [0.2, 0.25) is 0 Å². The lowest BCUT2D eigenvalue weighted by Gasteiger charge is -2.15. The van der Waals surface area contributed by atoms with Crippen LogP contribution in [0.4, 0.5) is 0 Å². The second-order valence-corrected chi connectivity index (χ2v) is 7.00. The topological polar surface area (TPSA) is 58.5 Å². The summed E-state index contributed by atoms with van der Waals surface area (Å²) in [6, 6.07) is 9.67. The fourth-order valence-electron chi connectivity index (χ4n) is 3.02. The minimum absolute atomic E-state index is 0.573. The predicted octanol–water partition coefficient (Wildman–Crippen LogP) is 5.49. The van der Waals surface area contributed by atoms with E-state index in [2.05, 4.69) is 5.16 Å². The highest BCUT2D eigenvalue weighted by atomic mass is 16.6. The predicted molar refractivity (Wildman–Crippen MR) is 124 cm³/mol. The highest BCUT2D eigenvalue weighted by Crippen LogP contribution is 2.29. The molecule has 0 heterocycles. The van der Waals surface area contributed by atoms with Gasteiger partial charge < -0.3 is 23.8 Å². The summed E-state index contributed by atoms with van der Waals surface area (Å²) in [5, 5.41) is 3.76. The Morgan fingerprint density at radius 2 is 1.58 bits per heavy atom. The molecule has 0 spiro atoms. The SMILES string of the molecule is C/C=C/COc1cc(C)c(OCCCCOc2ccc(C=NOC)cc2OC)c(C)c1. The van der Waals surface area contributed by atoms with Gasteiger partial charge in [-0.15, -0.1) is 0 Å². The molecule has 2 rings (SSSR count). The van der Waals surface area contributed by atoms with Crippen molar-refractivity contribution >= 4 is 6.21 Å². The Hall–Kier alpha value is -3.15. The minimum atomic E-state index is 0.573. The molecule has 2 aromatic carbocycles. The molecule has 0 radical (unpaired) electrons. The van der Waals surface area contributed by atoms with E-state index in [4.69, 9.17) is 23.8 Å². The molecule has 6 nitrogen and oxygen atoms in total. The third-order valence-corrected chi connectivity index (χ3v) is 4.55. The molecule has 0 aliphatic heterocycles. The molecule has 0 saturated heterocycles. The van der Waals surface area contributed by atoms with Gasteiger partial charge in [0, 0.05) is 5.56 Å². The lowest BCUT2D eigenvalue weighted by Crippen LogP contribution is -2.05. The number of oxime groups is 1. The van der Waals surface area contributed by atoms with E-state index in [-0.39, 0.29) is 0 Å². The Labute approximate surface area is 185 Å². The van der Waals surface area contributed by atoms with Crippen LogP contribution in [0.3, 0.4) is 0 Å². The molecule has 0 N–H and O–H groups in total. The Kier molecular flexibility index (Phi) is 10.3. The summed E-state index contributed by atoms with van der Waals surface area (Å²) in [7, 11) is 3.13. The number of rotatable bonds is 13. The average molecular weight is 428 g/mol. The van der Waals surface area contributed by atoms with E-state index in [1.54, 1.807) is 13.3 Å². The van der Waals surface area contributed by atoms with Crippen LogP contribution in [0.5, 0.6) is 23.0 Å². The van der Waals surface area contributed by atoms with Crippen molar-refractivity contribution in [2.75, 3.05) is 34.0 Å². The highest BCUT2D eigenvalue weighted by molar-refractivity contribution is 5.80. The van der Waals surface area contributed by atoms with Crippen LogP contribution in [0.1, 0.15) is 36.5 Å². The van der Waals surface area contributed by atoms with Gasteiger partial charge in [0.15, 0.2) is 11.5 Å². The van der Waals surface area contributed by atoms with E-state index in [9.17, 15) is 0 Å². The van der Waals surface area contributed by atoms with Gasteiger partial charge in [-0.25, -0.2) is 0 Å². The molecule has 0 aliphatic rings. The van der Waals surface area contributed by atoms with Gasteiger partial charge in [-0.1, -0.05) is 17.3 Å². The van der Waals surface area contributed by atoms with Crippen molar-refractivity contribution < 1.29 is 23.8 Å². The first kappa shape index (κ1) is 24.1. The van der Waals surface area contributed by atoms with Crippen molar-refractivity contribution in [3.63, 3.8) is 0 Å². The molecule has 0 fully saturated rings. The van der Waals surface area contributed by atoms with Crippen LogP contribution in [0, 0.1) is 13.8 Å². The fraction of sp³-hybridized carbons (Fsp3) is 0.400. The number of hydrogen-bond donors (Lipinski definition) is 0. The molecule has 0 saturated carbocycles. The number of benzene rings is 2. The second kappa shape index (κ2) is 13.2. The summed E-state index contributed by atoms with van der Waals surface area (Å²) in [5.74, 6) is 3.16. The third kappa shape index (κ3) is 7.89. The maximum Gasteiger partial charge on any atom is 0.161 e. The largest absolute Gasteiger partial charge is 0.493 e. The normalized spacial score (nSPS) is 11.1. The number of ether oxygens (including phenoxy) is 4. The van der Waals surface area contributed by atoms with E-state index in [1.165, 1.54) is 7.11 Å². The molecule has 168 valence electrons. The van der Waals surface area contributed by atoms with Crippen LogP contribution >= 0.6 is 0 Å². The first-order valence-electron chi connectivity index (χ1n) is 10.4. The lowest BCUT2D eigenvalue weighted by atomic mass is 10.1. The van der Waals surface area contributed by atoms with E-state index in [0.29, 0.717) is 31.3 Å². The molecule has 6 heteroatoms. The monoisotopic (exact) mass is 427 g/mol. The summed E-state index contributed by atoms with van der Waals surface area (Å²) in [4.78, 5) is 4.70. The third-order valence-electron chi connectivity index (χ3n) is 4.55. The molecule has 0 bridgehead atoms.